The first kappa shape index (κ1) is 25.7. The molecule has 182 valence electrons. The van der Waals surface area contributed by atoms with E-state index in [1.54, 1.807) is 13.0 Å². The number of benzene rings is 2. The van der Waals surface area contributed by atoms with Crippen LogP contribution in [0.25, 0.3) is 11.1 Å². The van der Waals surface area contributed by atoms with Crippen LogP contribution in [-0.4, -0.2) is 68.8 Å². The molecular formula is C25H29ClN2O6. The molecule has 0 bridgehead atoms. The number of nitrogens with zero attached hydrogens (tertiary/aromatic N) is 1. The van der Waals surface area contributed by atoms with Gasteiger partial charge in [0.2, 0.25) is 0 Å². The van der Waals surface area contributed by atoms with Gasteiger partial charge >= 0.3 is 17.8 Å². The van der Waals surface area contributed by atoms with Crippen LogP contribution >= 0.6 is 11.6 Å². The topological polar surface area (TPSA) is 127 Å². The number of likely N-dealkylation sites (tertiary alicyclic amines) is 1. The normalized spacial score (nSPS) is 17.0. The molecule has 0 aromatic heterocycles. The summed E-state index contributed by atoms with van der Waals surface area (Å²) in [7, 11) is 0. The minimum Gasteiger partial charge on any atom is -0.479 e. The Kier molecular flexibility index (Phi) is 8.30. The van der Waals surface area contributed by atoms with Gasteiger partial charge in [-0.1, -0.05) is 48.0 Å². The van der Waals surface area contributed by atoms with Crippen molar-refractivity contribution < 1.29 is 29.7 Å². The van der Waals surface area contributed by atoms with Crippen LogP contribution in [-0.2, 0) is 20.8 Å². The molecule has 1 heterocycles. The van der Waals surface area contributed by atoms with E-state index < -0.39 is 35.5 Å². The molecule has 2 atom stereocenters. The first-order valence-corrected chi connectivity index (χ1v) is 11.5. The SMILES string of the molecule is CC1(O)CCN(C(=O)C(=O)NC(Cc2ccc(-c3cccc(Cl)c3)cc2)CC(O)C(=O)O)CC1. The maximum atomic E-state index is 12.6. The number of carbonyl (C=O) groups excluding carboxylic acids is 2. The maximum Gasteiger partial charge on any atom is 0.332 e. The second kappa shape index (κ2) is 11.0. The van der Waals surface area contributed by atoms with Crippen molar-refractivity contribution in [2.45, 2.75) is 50.4 Å². The van der Waals surface area contributed by atoms with Gasteiger partial charge in [0.25, 0.3) is 0 Å². The number of piperidine rings is 1. The first-order valence-electron chi connectivity index (χ1n) is 11.1. The standard InChI is InChI=1S/C25H29ClN2O6/c1-25(34)9-11-28(12-10-25)23(31)22(30)27-20(15-21(29)24(32)33)13-16-5-7-17(8-6-16)18-3-2-4-19(26)14-18/h2-8,14,20-21,29,34H,9-13,15H2,1H3,(H,27,30)(H,32,33). The molecule has 0 aliphatic carbocycles. The highest BCUT2D eigenvalue weighted by molar-refractivity contribution is 6.35. The molecule has 0 spiro atoms. The average molecular weight is 489 g/mol. The molecule has 1 fully saturated rings. The third kappa shape index (κ3) is 7.03. The Hall–Kier alpha value is -2.94. The van der Waals surface area contributed by atoms with Gasteiger partial charge in [-0.3, -0.25) is 9.59 Å². The predicted molar refractivity (Wildman–Crippen MR) is 127 cm³/mol. The number of amides is 2. The molecule has 4 N–H and O–H groups in total. The fourth-order valence-electron chi connectivity index (χ4n) is 3.93. The summed E-state index contributed by atoms with van der Waals surface area (Å²) in [6, 6.07) is 14.1. The van der Waals surface area contributed by atoms with Crippen molar-refractivity contribution in [2.75, 3.05) is 13.1 Å². The van der Waals surface area contributed by atoms with E-state index in [0.717, 1.165) is 16.7 Å². The van der Waals surface area contributed by atoms with Gasteiger partial charge in [-0.25, -0.2) is 4.79 Å². The van der Waals surface area contributed by atoms with Gasteiger partial charge in [0, 0.05) is 30.6 Å². The molecule has 0 radical (unpaired) electrons. The number of carbonyl (C=O) groups is 3. The summed E-state index contributed by atoms with van der Waals surface area (Å²) in [6.45, 7) is 2.20. The number of aliphatic hydroxyl groups excluding tert-OH is 1. The lowest BCUT2D eigenvalue weighted by atomic mass is 9.94. The molecular weight excluding hydrogens is 460 g/mol. The molecule has 3 rings (SSSR count). The summed E-state index contributed by atoms with van der Waals surface area (Å²) < 4.78 is 0. The monoisotopic (exact) mass is 488 g/mol. The molecule has 8 nitrogen and oxygen atoms in total. The van der Waals surface area contributed by atoms with Crippen molar-refractivity contribution in [3.63, 3.8) is 0 Å². The van der Waals surface area contributed by atoms with Crippen molar-refractivity contribution in [1.82, 2.24) is 10.2 Å². The minimum absolute atomic E-state index is 0.230. The van der Waals surface area contributed by atoms with Gasteiger partial charge < -0.3 is 25.5 Å². The second-order valence-corrected chi connectivity index (χ2v) is 9.40. The van der Waals surface area contributed by atoms with Crippen molar-refractivity contribution in [3.8, 4) is 11.1 Å². The van der Waals surface area contributed by atoms with E-state index in [9.17, 15) is 24.6 Å². The van der Waals surface area contributed by atoms with Crippen LogP contribution < -0.4 is 5.32 Å². The second-order valence-electron chi connectivity index (χ2n) is 8.96. The smallest absolute Gasteiger partial charge is 0.332 e. The van der Waals surface area contributed by atoms with Crippen molar-refractivity contribution >= 4 is 29.4 Å². The molecule has 2 aromatic carbocycles. The number of carboxylic acids is 1. The van der Waals surface area contributed by atoms with Crippen LogP contribution in [0.4, 0.5) is 0 Å². The maximum absolute atomic E-state index is 12.6. The molecule has 2 aromatic rings. The molecule has 34 heavy (non-hydrogen) atoms. The van der Waals surface area contributed by atoms with Crippen molar-refractivity contribution in [3.05, 3.63) is 59.1 Å². The molecule has 9 heteroatoms. The zero-order valence-electron chi connectivity index (χ0n) is 18.9. The third-order valence-electron chi connectivity index (χ3n) is 6.04. The summed E-state index contributed by atoms with van der Waals surface area (Å²) in [5.74, 6) is -3.00. The molecule has 1 saturated heterocycles. The highest BCUT2D eigenvalue weighted by atomic mass is 35.5. The van der Waals surface area contributed by atoms with Gasteiger partial charge in [0.05, 0.1) is 5.60 Å². The number of halogens is 1. The molecule has 1 aliphatic rings. The summed E-state index contributed by atoms with van der Waals surface area (Å²) >= 11 is 6.06. The number of aliphatic hydroxyl groups is 2. The number of aliphatic carboxylic acids is 1. The lowest BCUT2D eigenvalue weighted by Crippen LogP contribution is -2.52. The zero-order valence-corrected chi connectivity index (χ0v) is 19.7. The Morgan fingerprint density at radius 3 is 2.32 bits per heavy atom. The van der Waals surface area contributed by atoms with E-state index in [4.69, 9.17) is 16.7 Å². The van der Waals surface area contributed by atoms with Gasteiger partial charge in [0.1, 0.15) is 0 Å². The lowest BCUT2D eigenvalue weighted by molar-refractivity contribution is -0.149. The largest absolute Gasteiger partial charge is 0.479 e. The first-order chi connectivity index (χ1) is 16.0. The average Bonchev–Trinajstić information content (AvgIpc) is 2.79. The Balaban J connectivity index is 1.68. The van der Waals surface area contributed by atoms with Gasteiger partial charge in [-0.2, -0.15) is 0 Å². The van der Waals surface area contributed by atoms with Crippen LogP contribution in [0.3, 0.4) is 0 Å². The van der Waals surface area contributed by atoms with Crippen LogP contribution in [0.1, 0.15) is 31.7 Å². The molecule has 1 aliphatic heterocycles. The molecule has 2 amide bonds. The van der Waals surface area contributed by atoms with E-state index in [1.807, 2.05) is 42.5 Å². The van der Waals surface area contributed by atoms with Crippen LogP contribution in [0, 0.1) is 0 Å². The lowest BCUT2D eigenvalue weighted by Gasteiger charge is -2.35. The van der Waals surface area contributed by atoms with Crippen LogP contribution in [0.2, 0.25) is 5.02 Å². The number of hydrogen-bond donors (Lipinski definition) is 4. The van der Waals surface area contributed by atoms with E-state index in [1.165, 1.54) is 4.90 Å². The van der Waals surface area contributed by atoms with Crippen molar-refractivity contribution in [2.24, 2.45) is 0 Å². The Labute approximate surface area is 203 Å². The molecule has 0 saturated carbocycles. The van der Waals surface area contributed by atoms with Crippen molar-refractivity contribution in [1.29, 1.82) is 0 Å². The summed E-state index contributed by atoms with van der Waals surface area (Å²) in [5.41, 5.74) is 1.82. The summed E-state index contributed by atoms with van der Waals surface area (Å²) in [4.78, 5) is 37.8. The fourth-order valence-corrected chi connectivity index (χ4v) is 4.12. The minimum atomic E-state index is -1.68. The number of nitrogens with one attached hydrogen (secondary N) is 1. The predicted octanol–water partition coefficient (Wildman–Crippen LogP) is 2.24. The van der Waals surface area contributed by atoms with E-state index in [0.29, 0.717) is 17.9 Å². The highest BCUT2D eigenvalue weighted by Crippen LogP contribution is 2.24. The van der Waals surface area contributed by atoms with E-state index in [-0.39, 0.29) is 25.9 Å². The quantitative estimate of drug-likeness (QED) is 0.443. The Bertz CT molecular complexity index is 1030. The van der Waals surface area contributed by atoms with Crippen LogP contribution in [0.5, 0.6) is 0 Å². The molecule has 2 unspecified atom stereocenters. The number of hydrogen-bond acceptors (Lipinski definition) is 5. The number of rotatable bonds is 7. The Morgan fingerprint density at radius 2 is 1.74 bits per heavy atom. The third-order valence-corrected chi connectivity index (χ3v) is 6.28. The summed E-state index contributed by atoms with van der Waals surface area (Å²) in [5, 5.41) is 32.2. The number of carboxylic acid groups (broad SMARTS) is 1. The van der Waals surface area contributed by atoms with E-state index >= 15 is 0 Å². The fraction of sp³-hybridized carbons (Fsp3) is 0.400. The van der Waals surface area contributed by atoms with Gasteiger partial charge in [-0.15, -0.1) is 0 Å². The summed E-state index contributed by atoms with van der Waals surface area (Å²) in [6.07, 6.45) is -0.970. The van der Waals surface area contributed by atoms with Gasteiger partial charge in [0.15, 0.2) is 6.10 Å². The van der Waals surface area contributed by atoms with E-state index in [2.05, 4.69) is 5.32 Å². The van der Waals surface area contributed by atoms with Crippen LogP contribution in [0.15, 0.2) is 48.5 Å². The Morgan fingerprint density at radius 1 is 1.09 bits per heavy atom. The highest BCUT2D eigenvalue weighted by Gasteiger charge is 2.33. The van der Waals surface area contributed by atoms with Gasteiger partial charge in [-0.05, 0) is 55.0 Å². The zero-order chi connectivity index (χ0) is 24.9.